The summed E-state index contributed by atoms with van der Waals surface area (Å²) in [7, 11) is 0. The van der Waals surface area contributed by atoms with Gasteiger partial charge in [0.15, 0.2) is 5.65 Å². The molecule has 1 aliphatic heterocycles. The molecule has 3 aromatic rings. The van der Waals surface area contributed by atoms with Crippen molar-refractivity contribution in [2.75, 3.05) is 31.2 Å². The summed E-state index contributed by atoms with van der Waals surface area (Å²) in [5, 5.41) is 6.70. The highest BCUT2D eigenvalue weighted by Gasteiger charge is 2.37. The predicted molar refractivity (Wildman–Crippen MR) is 132 cm³/mol. The molecular weight excluding hydrogens is 502 g/mol. The van der Waals surface area contributed by atoms with E-state index in [0.717, 1.165) is 6.20 Å². The van der Waals surface area contributed by atoms with E-state index in [0.29, 0.717) is 11.4 Å². The van der Waals surface area contributed by atoms with Gasteiger partial charge in [0.2, 0.25) is 5.88 Å². The van der Waals surface area contributed by atoms with Gasteiger partial charge in [0, 0.05) is 18.2 Å². The van der Waals surface area contributed by atoms with Crippen LogP contribution in [0.5, 0.6) is 5.88 Å². The Morgan fingerprint density at radius 2 is 2.05 bits per heavy atom. The minimum absolute atomic E-state index is 0.00707. The Labute approximate surface area is 218 Å². The largest absolute Gasteiger partial charge is 0.476 e. The summed E-state index contributed by atoms with van der Waals surface area (Å²) in [6.45, 7) is 7.27. The molecule has 3 aromatic heterocycles. The van der Waals surface area contributed by atoms with E-state index in [-0.39, 0.29) is 49.8 Å². The summed E-state index contributed by atoms with van der Waals surface area (Å²) in [6, 6.07) is 2.24. The molecule has 0 aliphatic carbocycles. The van der Waals surface area contributed by atoms with E-state index < -0.39 is 35.7 Å². The Kier molecular flexibility index (Phi) is 7.93. The van der Waals surface area contributed by atoms with Crippen LogP contribution in [-0.4, -0.2) is 69.7 Å². The Hall–Kier alpha value is -4.03. The quantitative estimate of drug-likeness (QED) is 0.342. The van der Waals surface area contributed by atoms with Crippen molar-refractivity contribution in [1.82, 2.24) is 24.9 Å². The second kappa shape index (κ2) is 11.2. The number of amides is 1. The average molecular weight is 533 g/mol. The summed E-state index contributed by atoms with van der Waals surface area (Å²) in [6.07, 6.45) is 2.20. The summed E-state index contributed by atoms with van der Waals surface area (Å²) in [5.74, 6) is -0.696. The number of pyridine rings is 1. The first-order valence-electron chi connectivity index (χ1n) is 12.2. The molecule has 2 atom stereocenters. The molecule has 1 saturated heterocycles. The van der Waals surface area contributed by atoms with Gasteiger partial charge in [-0.1, -0.05) is 0 Å². The van der Waals surface area contributed by atoms with E-state index in [9.17, 15) is 18.4 Å². The van der Waals surface area contributed by atoms with Gasteiger partial charge in [-0.05, 0) is 39.8 Å². The molecule has 4 rings (SSSR count). The van der Waals surface area contributed by atoms with Gasteiger partial charge in [-0.15, -0.1) is 0 Å². The van der Waals surface area contributed by atoms with Gasteiger partial charge in [-0.2, -0.15) is 5.10 Å². The van der Waals surface area contributed by atoms with Crippen LogP contribution >= 0.6 is 0 Å². The number of anilines is 1. The molecule has 0 unspecified atom stereocenters. The number of esters is 1. The van der Waals surface area contributed by atoms with Crippen LogP contribution in [0.4, 0.5) is 19.4 Å². The molecule has 1 aliphatic rings. The van der Waals surface area contributed by atoms with Crippen LogP contribution < -0.4 is 15.0 Å². The van der Waals surface area contributed by atoms with Crippen molar-refractivity contribution in [3.05, 3.63) is 47.7 Å². The van der Waals surface area contributed by atoms with Crippen molar-refractivity contribution in [3.8, 4) is 5.88 Å². The summed E-state index contributed by atoms with van der Waals surface area (Å²) in [4.78, 5) is 34.5. The van der Waals surface area contributed by atoms with Crippen LogP contribution in [-0.2, 0) is 9.47 Å². The predicted octanol–water partition coefficient (Wildman–Crippen LogP) is 3.63. The first-order valence-corrected chi connectivity index (χ1v) is 12.2. The first kappa shape index (κ1) is 27.0. The Bertz CT molecular complexity index is 1310. The molecule has 0 bridgehead atoms. The average Bonchev–Trinajstić information content (AvgIpc) is 3.44. The minimum Gasteiger partial charge on any atom is -0.476 e. The van der Waals surface area contributed by atoms with Crippen molar-refractivity contribution in [1.29, 1.82) is 0 Å². The van der Waals surface area contributed by atoms with Crippen LogP contribution in [0.25, 0.3) is 5.65 Å². The molecule has 4 heterocycles. The molecule has 38 heavy (non-hydrogen) atoms. The van der Waals surface area contributed by atoms with E-state index >= 15 is 0 Å². The second-order valence-corrected chi connectivity index (χ2v) is 9.66. The van der Waals surface area contributed by atoms with Gasteiger partial charge >= 0.3 is 12.1 Å². The monoisotopic (exact) mass is 532 g/mol. The number of ether oxygens (including phenoxy) is 3. The fourth-order valence-corrected chi connectivity index (χ4v) is 4.12. The number of halogens is 2. The third-order valence-corrected chi connectivity index (χ3v) is 5.61. The minimum atomic E-state index is -1.22. The SMILES string of the molecule is CCOC(=O)c1cnn2ccc(N3C[C@@H](F)C[C@@H]3c3cc(F)cnc3OCCNC(=O)OC(C)(C)C)nc12. The maximum Gasteiger partial charge on any atom is 0.407 e. The van der Waals surface area contributed by atoms with Crippen molar-refractivity contribution >= 4 is 23.5 Å². The highest BCUT2D eigenvalue weighted by atomic mass is 19.1. The number of alkyl halides is 1. The molecule has 204 valence electrons. The number of hydrogen-bond donors (Lipinski definition) is 1. The third-order valence-electron chi connectivity index (χ3n) is 5.61. The number of hydrogen-bond acceptors (Lipinski definition) is 9. The second-order valence-electron chi connectivity index (χ2n) is 9.66. The standard InChI is InChI=1S/C25H30F2N6O5/c1-5-36-23(34)18-13-30-33-8-6-20(31-21(18)33)32-14-16(27)11-19(32)17-10-15(26)12-29-22(17)37-9-7-28-24(35)38-25(2,3)4/h6,8,10,12-13,16,19H,5,7,9,11,14H2,1-4H3,(H,28,35)/t16-,19+/m0/s1. The van der Waals surface area contributed by atoms with Gasteiger partial charge in [-0.25, -0.2) is 32.9 Å². The maximum absolute atomic E-state index is 14.7. The van der Waals surface area contributed by atoms with Crippen LogP contribution in [0.2, 0.25) is 0 Å². The number of rotatable bonds is 8. The molecule has 0 aromatic carbocycles. The molecule has 11 nitrogen and oxygen atoms in total. The van der Waals surface area contributed by atoms with E-state index in [4.69, 9.17) is 14.2 Å². The maximum atomic E-state index is 14.7. The van der Waals surface area contributed by atoms with Crippen molar-refractivity contribution in [2.24, 2.45) is 0 Å². The molecule has 0 saturated carbocycles. The third kappa shape index (κ3) is 6.26. The number of carbonyl (C=O) groups is 2. The number of carbonyl (C=O) groups excluding carboxylic acids is 2. The van der Waals surface area contributed by atoms with E-state index in [2.05, 4.69) is 20.4 Å². The molecule has 0 radical (unpaired) electrons. The molecular formula is C25H30F2N6O5. The highest BCUT2D eigenvalue weighted by molar-refractivity contribution is 5.95. The van der Waals surface area contributed by atoms with Crippen molar-refractivity contribution < 1.29 is 32.6 Å². The number of aromatic nitrogens is 4. The normalized spacial score (nSPS) is 17.5. The lowest BCUT2D eigenvalue weighted by Crippen LogP contribution is -2.34. The zero-order chi connectivity index (χ0) is 27.4. The zero-order valence-corrected chi connectivity index (χ0v) is 21.6. The Morgan fingerprint density at radius 3 is 2.79 bits per heavy atom. The number of nitrogens with zero attached hydrogens (tertiary/aromatic N) is 5. The molecule has 13 heteroatoms. The Morgan fingerprint density at radius 1 is 1.26 bits per heavy atom. The van der Waals surface area contributed by atoms with E-state index in [1.165, 1.54) is 16.8 Å². The lowest BCUT2D eigenvalue weighted by atomic mass is 10.1. The molecule has 0 spiro atoms. The van der Waals surface area contributed by atoms with Gasteiger partial charge in [-0.3, -0.25) is 0 Å². The van der Waals surface area contributed by atoms with E-state index in [1.807, 2.05) is 0 Å². The smallest absolute Gasteiger partial charge is 0.407 e. The summed E-state index contributed by atoms with van der Waals surface area (Å²) in [5.41, 5.74) is 0.124. The van der Waals surface area contributed by atoms with Crippen LogP contribution in [0.15, 0.2) is 30.7 Å². The Balaban J connectivity index is 1.55. The number of alkyl carbamates (subject to hydrolysis) is 1. The van der Waals surface area contributed by atoms with Gasteiger partial charge in [0.05, 0.1) is 38.1 Å². The van der Waals surface area contributed by atoms with Gasteiger partial charge in [0.1, 0.15) is 35.6 Å². The highest BCUT2D eigenvalue weighted by Crippen LogP contribution is 2.40. The fourth-order valence-electron chi connectivity index (χ4n) is 4.12. The molecule has 1 N–H and O–H groups in total. The molecule has 1 fully saturated rings. The lowest BCUT2D eigenvalue weighted by molar-refractivity contribution is 0.0513. The van der Waals surface area contributed by atoms with Crippen LogP contribution in [0.1, 0.15) is 56.1 Å². The van der Waals surface area contributed by atoms with E-state index in [1.54, 1.807) is 44.9 Å². The van der Waals surface area contributed by atoms with Crippen molar-refractivity contribution in [2.45, 2.75) is 51.9 Å². The fraction of sp³-hybridized carbons (Fsp3) is 0.480. The number of nitrogens with one attached hydrogen (secondary N) is 1. The summed E-state index contributed by atoms with van der Waals surface area (Å²) < 4.78 is 46.4. The zero-order valence-electron chi connectivity index (χ0n) is 21.6. The number of fused-ring (bicyclic) bond motifs is 1. The van der Waals surface area contributed by atoms with Gasteiger partial charge in [0.25, 0.3) is 0 Å². The first-order chi connectivity index (χ1) is 18.1. The van der Waals surface area contributed by atoms with Crippen LogP contribution in [0.3, 0.4) is 0 Å². The van der Waals surface area contributed by atoms with Gasteiger partial charge < -0.3 is 24.4 Å². The molecule has 1 amide bonds. The lowest BCUT2D eigenvalue weighted by Gasteiger charge is -2.26. The topological polar surface area (TPSA) is 120 Å². The van der Waals surface area contributed by atoms with Crippen molar-refractivity contribution in [3.63, 3.8) is 0 Å². The van der Waals surface area contributed by atoms with Crippen LogP contribution in [0, 0.1) is 5.82 Å². The summed E-state index contributed by atoms with van der Waals surface area (Å²) >= 11 is 0.